The number of aliphatic hydroxyl groups is 1. The fraction of sp³-hybridized carbons (Fsp3) is 0.700. The Balaban J connectivity index is 1.90. The van der Waals surface area contributed by atoms with Crippen LogP contribution in [0.5, 0.6) is 0 Å². The van der Waals surface area contributed by atoms with Gasteiger partial charge in [0.2, 0.25) is 0 Å². The molecule has 1 aliphatic rings. The van der Waals surface area contributed by atoms with E-state index in [1.165, 1.54) is 0 Å². The summed E-state index contributed by atoms with van der Waals surface area (Å²) in [6.45, 7) is 4.03. The van der Waals surface area contributed by atoms with Crippen LogP contribution in [-0.2, 0) is 11.3 Å². The van der Waals surface area contributed by atoms with E-state index in [9.17, 15) is 5.11 Å². The lowest BCUT2D eigenvalue weighted by Gasteiger charge is -2.15. The predicted octanol–water partition coefficient (Wildman–Crippen LogP) is 0.589. The highest BCUT2D eigenvalue weighted by Crippen LogP contribution is 2.17. The van der Waals surface area contributed by atoms with Gasteiger partial charge in [-0.25, -0.2) is 0 Å². The molecule has 0 bridgehead atoms. The molecule has 0 amide bonds. The fourth-order valence-corrected chi connectivity index (χ4v) is 1.76. The molecule has 4 nitrogen and oxygen atoms in total. The summed E-state index contributed by atoms with van der Waals surface area (Å²) in [5, 5.41) is 14.0. The highest BCUT2D eigenvalue weighted by Gasteiger charge is 2.24. The van der Waals surface area contributed by atoms with Gasteiger partial charge < -0.3 is 9.84 Å². The van der Waals surface area contributed by atoms with Crippen LogP contribution < -0.4 is 0 Å². The van der Waals surface area contributed by atoms with Gasteiger partial charge in [-0.1, -0.05) is 0 Å². The van der Waals surface area contributed by atoms with E-state index in [1.807, 2.05) is 13.1 Å². The monoisotopic (exact) mass is 196 g/mol. The fourth-order valence-electron chi connectivity index (χ4n) is 1.76. The number of aromatic nitrogens is 2. The standard InChI is InChI=1S/C10H16N2O2/c1-8-4-11-12(5-8)6-10(13)9-2-3-14-7-9/h4-5,9-10,13H,2-3,6-7H2,1H3. The Morgan fingerprint density at radius 2 is 2.64 bits per heavy atom. The first kappa shape index (κ1) is 9.68. The van der Waals surface area contributed by atoms with E-state index in [4.69, 9.17) is 4.74 Å². The van der Waals surface area contributed by atoms with Crippen molar-refractivity contribution >= 4 is 0 Å². The highest BCUT2D eigenvalue weighted by molar-refractivity contribution is 4.99. The summed E-state index contributed by atoms with van der Waals surface area (Å²) in [4.78, 5) is 0. The molecule has 2 heterocycles. The largest absolute Gasteiger partial charge is 0.391 e. The van der Waals surface area contributed by atoms with Crippen molar-refractivity contribution in [2.24, 2.45) is 5.92 Å². The topological polar surface area (TPSA) is 47.3 Å². The van der Waals surface area contributed by atoms with Gasteiger partial charge in [-0.15, -0.1) is 0 Å². The van der Waals surface area contributed by atoms with Crippen molar-refractivity contribution in [2.45, 2.75) is 26.0 Å². The van der Waals surface area contributed by atoms with Gasteiger partial charge in [-0.05, 0) is 18.9 Å². The molecule has 1 aromatic heterocycles. The highest BCUT2D eigenvalue weighted by atomic mass is 16.5. The quantitative estimate of drug-likeness (QED) is 0.769. The molecule has 78 valence electrons. The van der Waals surface area contributed by atoms with E-state index in [-0.39, 0.29) is 12.0 Å². The smallest absolute Gasteiger partial charge is 0.0786 e. The van der Waals surface area contributed by atoms with Crippen LogP contribution >= 0.6 is 0 Å². The minimum Gasteiger partial charge on any atom is -0.391 e. The molecular weight excluding hydrogens is 180 g/mol. The first-order chi connectivity index (χ1) is 6.75. The maximum absolute atomic E-state index is 9.87. The third-order valence-corrected chi connectivity index (χ3v) is 2.65. The number of ether oxygens (including phenoxy) is 1. The van der Waals surface area contributed by atoms with Crippen molar-refractivity contribution in [3.8, 4) is 0 Å². The number of hydrogen-bond donors (Lipinski definition) is 1. The van der Waals surface area contributed by atoms with E-state index in [0.29, 0.717) is 13.2 Å². The molecule has 0 aliphatic carbocycles. The average Bonchev–Trinajstić information content (AvgIpc) is 2.75. The van der Waals surface area contributed by atoms with E-state index in [2.05, 4.69) is 5.10 Å². The Bertz CT molecular complexity index is 292. The van der Waals surface area contributed by atoms with Gasteiger partial charge in [0.05, 0.1) is 25.5 Å². The Hall–Kier alpha value is -0.870. The molecule has 1 aromatic rings. The molecule has 0 saturated carbocycles. The summed E-state index contributed by atoms with van der Waals surface area (Å²) >= 11 is 0. The Labute approximate surface area is 83.5 Å². The normalized spacial score (nSPS) is 24.0. The number of aliphatic hydroxyl groups excluding tert-OH is 1. The van der Waals surface area contributed by atoms with Crippen molar-refractivity contribution in [1.82, 2.24) is 9.78 Å². The molecule has 2 rings (SSSR count). The Kier molecular flexibility index (Phi) is 2.84. The molecule has 1 N–H and O–H groups in total. The lowest BCUT2D eigenvalue weighted by molar-refractivity contribution is 0.0748. The molecule has 1 aliphatic heterocycles. The first-order valence-corrected chi connectivity index (χ1v) is 5.00. The minimum atomic E-state index is -0.336. The average molecular weight is 196 g/mol. The first-order valence-electron chi connectivity index (χ1n) is 5.00. The zero-order chi connectivity index (χ0) is 9.97. The van der Waals surface area contributed by atoms with Gasteiger partial charge in [0.25, 0.3) is 0 Å². The van der Waals surface area contributed by atoms with E-state index >= 15 is 0 Å². The zero-order valence-electron chi connectivity index (χ0n) is 8.39. The number of aryl methyl sites for hydroxylation is 1. The second kappa shape index (κ2) is 4.11. The lowest BCUT2D eigenvalue weighted by Crippen LogP contribution is -2.26. The summed E-state index contributed by atoms with van der Waals surface area (Å²) in [6.07, 6.45) is 4.37. The number of rotatable bonds is 3. The van der Waals surface area contributed by atoms with Gasteiger partial charge in [-0.3, -0.25) is 4.68 Å². The van der Waals surface area contributed by atoms with E-state index < -0.39 is 0 Å². The summed E-state index contributed by atoms with van der Waals surface area (Å²) < 4.78 is 7.02. The van der Waals surface area contributed by atoms with Gasteiger partial charge in [0, 0.05) is 18.7 Å². The third kappa shape index (κ3) is 2.13. The molecule has 14 heavy (non-hydrogen) atoms. The van der Waals surface area contributed by atoms with Crippen LogP contribution in [0.15, 0.2) is 12.4 Å². The molecule has 1 fully saturated rings. The second-order valence-corrected chi connectivity index (χ2v) is 3.93. The summed E-state index contributed by atoms with van der Waals surface area (Å²) in [5.74, 6) is 0.277. The van der Waals surface area contributed by atoms with Crippen molar-refractivity contribution < 1.29 is 9.84 Å². The molecule has 0 radical (unpaired) electrons. The molecule has 4 heteroatoms. The molecule has 0 spiro atoms. The van der Waals surface area contributed by atoms with Crippen LogP contribution in [0, 0.1) is 12.8 Å². The van der Waals surface area contributed by atoms with Gasteiger partial charge in [0.15, 0.2) is 0 Å². The van der Waals surface area contributed by atoms with E-state index in [0.717, 1.165) is 18.6 Å². The second-order valence-electron chi connectivity index (χ2n) is 3.93. The molecule has 0 aromatic carbocycles. The lowest BCUT2D eigenvalue weighted by atomic mass is 10.0. The minimum absolute atomic E-state index is 0.277. The SMILES string of the molecule is Cc1cnn(CC(O)C2CCOC2)c1. The third-order valence-electron chi connectivity index (χ3n) is 2.65. The molecule has 2 unspecified atom stereocenters. The van der Waals surface area contributed by atoms with Crippen molar-refractivity contribution in [3.05, 3.63) is 18.0 Å². The van der Waals surface area contributed by atoms with Gasteiger partial charge in [-0.2, -0.15) is 5.10 Å². The summed E-state index contributed by atoms with van der Waals surface area (Å²) in [6, 6.07) is 0. The number of nitrogens with zero attached hydrogens (tertiary/aromatic N) is 2. The maximum Gasteiger partial charge on any atom is 0.0786 e. The van der Waals surface area contributed by atoms with Crippen molar-refractivity contribution in [2.75, 3.05) is 13.2 Å². The number of hydrogen-bond acceptors (Lipinski definition) is 3. The predicted molar refractivity (Wildman–Crippen MR) is 51.9 cm³/mol. The van der Waals surface area contributed by atoms with Crippen LogP contribution in [0.4, 0.5) is 0 Å². The Morgan fingerprint density at radius 1 is 1.79 bits per heavy atom. The maximum atomic E-state index is 9.87. The van der Waals surface area contributed by atoms with Crippen LogP contribution in [0.3, 0.4) is 0 Å². The van der Waals surface area contributed by atoms with Gasteiger partial charge in [0.1, 0.15) is 0 Å². The van der Waals surface area contributed by atoms with Crippen molar-refractivity contribution in [1.29, 1.82) is 0 Å². The molecule has 1 saturated heterocycles. The molecule has 2 atom stereocenters. The summed E-state index contributed by atoms with van der Waals surface area (Å²) in [7, 11) is 0. The van der Waals surface area contributed by atoms with Crippen molar-refractivity contribution in [3.63, 3.8) is 0 Å². The summed E-state index contributed by atoms with van der Waals surface area (Å²) in [5.41, 5.74) is 1.12. The zero-order valence-corrected chi connectivity index (χ0v) is 8.39. The van der Waals surface area contributed by atoms with Gasteiger partial charge >= 0.3 is 0 Å². The van der Waals surface area contributed by atoms with E-state index in [1.54, 1.807) is 10.9 Å². The van der Waals surface area contributed by atoms with Crippen LogP contribution in [-0.4, -0.2) is 34.2 Å². The van der Waals surface area contributed by atoms with Crippen LogP contribution in [0.25, 0.3) is 0 Å². The van der Waals surface area contributed by atoms with Crippen LogP contribution in [0.1, 0.15) is 12.0 Å². The molecular formula is C10H16N2O2. The Morgan fingerprint density at radius 3 is 3.21 bits per heavy atom. The van der Waals surface area contributed by atoms with Crippen LogP contribution in [0.2, 0.25) is 0 Å².